The van der Waals surface area contributed by atoms with Crippen LogP contribution in [0.2, 0.25) is 0 Å². The molecule has 0 saturated heterocycles. The second-order valence-electron chi connectivity index (χ2n) is 5.33. The molecule has 113 valence electrons. The molecule has 1 unspecified atom stereocenters. The van der Waals surface area contributed by atoms with Crippen LogP contribution in [0.5, 0.6) is 0 Å². The highest BCUT2D eigenvalue weighted by Gasteiger charge is 2.21. The highest BCUT2D eigenvalue weighted by Crippen LogP contribution is 2.17. The number of carbonyl (C=O) groups is 2. The van der Waals surface area contributed by atoms with Gasteiger partial charge in [-0.05, 0) is 30.9 Å². The summed E-state index contributed by atoms with van der Waals surface area (Å²) in [5.74, 6) is -1.65. The Morgan fingerprint density at radius 3 is 2.36 bits per heavy atom. The quantitative estimate of drug-likeness (QED) is 0.754. The van der Waals surface area contributed by atoms with Crippen LogP contribution in [-0.4, -0.2) is 16.9 Å². The third-order valence-electron chi connectivity index (χ3n) is 3.68. The first-order valence-electron chi connectivity index (χ1n) is 7.43. The van der Waals surface area contributed by atoms with Gasteiger partial charge in [0.25, 0.3) is 0 Å². The van der Waals surface area contributed by atoms with Crippen LogP contribution >= 0.6 is 0 Å². The van der Waals surface area contributed by atoms with Gasteiger partial charge in [-0.15, -0.1) is 0 Å². The lowest BCUT2D eigenvalue weighted by atomic mass is 9.93. The zero-order valence-electron chi connectivity index (χ0n) is 12.4. The summed E-state index contributed by atoms with van der Waals surface area (Å²) in [5.41, 5.74) is 1.74. The van der Waals surface area contributed by atoms with E-state index in [4.69, 9.17) is 0 Å². The molecule has 3 nitrogen and oxygen atoms in total. The topological polar surface area (TPSA) is 54.4 Å². The Morgan fingerprint density at radius 2 is 1.73 bits per heavy atom. The molecule has 0 heterocycles. The number of hydrogen-bond acceptors (Lipinski definition) is 2. The first-order valence-corrected chi connectivity index (χ1v) is 7.43. The average Bonchev–Trinajstić information content (AvgIpc) is 2.55. The van der Waals surface area contributed by atoms with E-state index in [1.54, 1.807) is 24.3 Å². The van der Waals surface area contributed by atoms with Crippen molar-refractivity contribution in [2.75, 3.05) is 0 Å². The Morgan fingerprint density at radius 1 is 1.05 bits per heavy atom. The van der Waals surface area contributed by atoms with Crippen LogP contribution in [0, 0.1) is 12.0 Å². The number of carbonyl (C=O) groups excluding carboxylic acids is 1. The molecule has 2 aromatic rings. The molecule has 1 N–H and O–H groups in total. The minimum absolute atomic E-state index is 0.0497. The number of Topliss-reactive ketones (excluding diaryl/α,β-unsaturated/α-hetero) is 1. The molecule has 0 spiro atoms. The predicted octanol–water partition coefficient (Wildman–Crippen LogP) is 3.78. The molecule has 0 aliphatic heterocycles. The molecule has 0 saturated carbocycles. The number of benzene rings is 2. The smallest absolute Gasteiger partial charge is 0.306 e. The molecular formula is C19H19O3. The molecule has 0 fully saturated rings. The molecule has 0 aliphatic rings. The van der Waals surface area contributed by atoms with Crippen molar-refractivity contribution in [3.8, 4) is 0 Å². The Hall–Kier alpha value is -2.42. The van der Waals surface area contributed by atoms with Crippen LogP contribution in [0.4, 0.5) is 0 Å². The van der Waals surface area contributed by atoms with Crippen molar-refractivity contribution >= 4 is 11.8 Å². The number of aliphatic carboxylic acids is 1. The van der Waals surface area contributed by atoms with Crippen LogP contribution in [0.3, 0.4) is 0 Å². The van der Waals surface area contributed by atoms with Crippen LogP contribution in [0.25, 0.3) is 0 Å². The van der Waals surface area contributed by atoms with Crippen molar-refractivity contribution in [2.45, 2.75) is 25.7 Å². The monoisotopic (exact) mass is 295 g/mol. The molecule has 22 heavy (non-hydrogen) atoms. The summed E-state index contributed by atoms with van der Waals surface area (Å²) in [5, 5.41) is 9.31. The Labute approximate surface area is 130 Å². The van der Waals surface area contributed by atoms with E-state index in [9.17, 15) is 14.7 Å². The van der Waals surface area contributed by atoms with Gasteiger partial charge in [0.05, 0.1) is 5.92 Å². The maximum Gasteiger partial charge on any atom is 0.306 e. The average molecular weight is 295 g/mol. The van der Waals surface area contributed by atoms with Gasteiger partial charge in [-0.2, -0.15) is 0 Å². The van der Waals surface area contributed by atoms with E-state index >= 15 is 0 Å². The van der Waals surface area contributed by atoms with E-state index in [0.717, 1.165) is 12.8 Å². The number of carboxylic acids is 1. The second-order valence-corrected chi connectivity index (χ2v) is 5.33. The Kier molecular flexibility index (Phi) is 5.90. The summed E-state index contributed by atoms with van der Waals surface area (Å²) < 4.78 is 0. The van der Waals surface area contributed by atoms with E-state index in [1.165, 1.54) is 5.56 Å². The standard InChI is InChI=1S/C19H19O3/c20-18(16-11-5-2-6-12-16)14-17(19(21)22)13-7-10-15-8-3-1-4-9-15/h1,3-6,8-9,11-12,17H,7,10,13-14H2,(H,21,22). The lowest BCUT2D eigenvalue weighted by Gasteiger charge is -2.11. The highest BCUT2D eigenvalue weighted by atomic mass is 16.4. The first kappa shape index (κ1) is 16.0. The van der Waals surface area contributed by atoms with E-state index < -0.39 is 11.9 Å². The van der Waals surface area contributed by atoms with Crippen LogP contribution in [-0.2, 0) is 11.2 Å². The molecule has 2 rings (SSSR count). The van der Waals surface area contributed by atoms with Crippen LogP contribution in [0.1, 0.15) is 35.2 Å². The number of ketones is 1. The third kappa shape index (κ3) is 4.85. The molecular weight excluding hydrogens is 276 g/mol. The number of carboxylic acid groups (broad SMARTS) is 1. The highest BCUT2D eigenvalue weighted by molar-refractivity contribution is 5.97. The Bertz CT molecular complexity index is 605. The van der Waals surface area contributed by atoms with Crippen molar-refractivity contribution in [1.29, 1.82) is 0 Å². The third-order valence-corrected chi connectivity index (χ3v) is 3.68. The number of rotatable bonds is 8. The fourth-order valence-electron chi connectivity index (χ4n) is 2.42. The van der Waals surface area contributed by atoms with Gasteiger partial charge in [0, 0.05) is 12.0 Å². The SMILES string of the molecule is O=C(CC(CCCc1ccccc1)C(=O)O)c1cc[c]cc1. The van der Waals surface area contributed by atoms with Gasteiger partial charge in [-0.25, -0.2) is 0 Å². The van der Waals surface area contributed by atoms with Crippen molar-refractivity contribution < 1.29 is 14.7 Å². The van der Waals surface area contributed by atoms with E-state index in [-0.39, 0.29) is 12.2 Å². The minimum atomic E-state index is -0.899. The minimum Gasteiger partial charge on any atom is -0.481 e. The lowest BCUT2D eigenvalue weighted by molar-refractivity contribution is -0.141. The van der Waals surface area contributed by atoms with Crippen molar-refractivity contribution in [2.24, 2.45) is 5.92 Å². The fraction of sp³-hybridized carbons (Fsp3) is 0.263. The van der Waals surface area contributed by atoms with Gasteiger partial charge in [0.1, 0.15) is 0 Å². The van der Waals surface area contributed by atoms with Gasteiger partial charge in [0.2, 0.25) is 0 Å². The van der Waals surface area contributed by atoms with Crippen molar-refractivity contribution in [3.05, 3.63) is 71.8 Å². The predicted molar refractivity (Wildman–Crippen MR) is 84.7 cm³/mol. The maximum atomic E-state index is 12.1. The van der Waals surface area contributed by atoms with Gasteiger partial charge < -0.3 is 5.11 Å². The van der Waals surface area contributed by atoms with Gasteiger partial charge in [-0.1, -0.05) is 54.6 Å². The van der Waals surface area contributed by atoms with Crippen molar-refractivity contribution in [1.82, 2.24) is 0 Å². The molecule has 3 heteroatoms. The summed E-state index contributed by atoms with van der Waals surface area (Å²) >= 11 is 0. The normalized spacial score (nSPS) is 11.8. The molecule has 2 aromatic carbocycles. The first-order chi connectivity index (χ1) is 10.7. The van der Waals surface area contributed by atoms with Crippen LogP contribution in [0.15, 0.2) is 54.6 Å². The van der Waals surface area contributed by atoms with E-state index in [1.807, 2.05) is 30.3 Å². The summed E-state index contributed by atoms with van der Waals surface area (Å²) in [4.78, 5) is 23.5. The number of hydrogen-bond donors (Lipinski definition) is 1. The fourth-order valence-corrected chi connectivity index (χ4v) is 2.42. The zero-order chi connectivity index (χ0) is 15.8. The lowest BCUT2D eigenvalue weighted by Crippen LogP contribution is -2.18. The van der Waals surface area contributed by atoms with Gasteiger partial charge in [-0.3, -0.25) is 9.59 Å². The van der Waals surface area contributed by atoms with Crippen LogP contribution < -0.4 is 0 Å². The molecule has 0 aromatic heterocycles. The molecule has 1 radical (unpaired) electrons. The zero-order valence-corrected chi connectivity index (χ0v) is 12.4. The van der Waals surface area contributed by atoms with E-state index in [0.29, 0.717) is 12.0 Å². The Balaban J connectivity index is 1.87. The summed E-state index contributed by atoms with van der Waals surface area (Å²) in [6.07, 6.45) is 2.15. The number of aryl methyl sites for hydroxylation is 1. The van der Waals surface area contributed by atoms with Gasteiger partial charge >= 0.3 is 5.97 Å². The molecule has 0 bridgehead atoms. The molecule has 1 atom stereocenters. The summed E-state index contributed by atoms with van der Waals surface area (Å²) in [7, 11) is 0. The summed E-state index contributed by atoms with van der Waals surface area (Å²) in [6, 6.07) is 19.5. The summed E-state index contributed by atoms with van der Waals surface area (Å²) in [6.45, 7) is 0. The largest absolute Gasteiger partial charge is 0.481 e. The second kappa shape index (κ2) is 8.13. The van der Waals surface area contributed by atoms with Gasteiger partial charge in [0.15, 0.2) is 5.78 Å². The van der Waals surface area contributed by atoms with Crippen molar-refractivity contribution in [3.63, 3.8) is 0 Å². The molecule has 0 amide bonds. The molecule has 0 aliphatic carbocycles. The maximum absolute atomic E-state index is 12.1. The van der Waals surface area contributed by atoms with E-state index in [2.05, 4.69) is 6.07 Å².